The number of nitrogens with zero attached hydrogens (tertiary/aromatic N) is 1. The fraction of sp³-hybridized carbons (Fsp3) is 0. The van der Waals surface area contributed by atoms with Crippen molar-refractivity contribution in [1.82, 2.24) is 0 Å². The third-order valence-electron chi connectivity index (χ3n) is 1.18. The molecule has 4 heteroatoms. The Balaban J connectivity index is 2.88. The number of amides is 1. The fourth-order valence-electron chi connectivity index (χ4n) is 0.745. The minimum absolute atomic E-state index is 0.279. The number of nitrogens with two attached hydrogens (primary N) is 1. The first-order valence-electron chi connectivity index (χ1n) is 3.20. The fourth-order valence-corrected chi connectivity index (χ4v) is 0.745. The van der Waals surface area contributed by atoms with Crippen molar-refractivity contribution in [2.24, 2.45) is 5.73 Å². The van der Waals surface area contributed by atoms with Crippen LogP contribution in [-0.2, 0) is 0 Å². The summed E-state index contributed by atoms with van der Waals surface area (Å²) in [7, 11) is 0. The summed E-state index contributed by atoms with van der Waals surface area (Å²) >= 11 is 0. The van der Waals surface area contributed by atoms with E-state index < -0.39 is 6.09 Å². The van der Waals surface area contributed by atoms with Crippen LogP contribution >= 0.6 is 0 Å². The average Bonchev–Trinajstić information content (AvgIpc) is 2.03. The van der Waals surface area contributed by atoms with Crippen molar-refractivity contribution in [3.8, 4) is 11.8 Å². The van der Waals surface area contributed by atoms with E-state index in [9.17, 15) is 4.79 Å². The largest absolute Gasteiger partial charge is 0.410 e. The molecule has 0 radical (unpaired) electrons. The maximum Gasteiger partial charge on any atom is 0.409 e. The van der Waals surface area contributed by atoms with Gasteiger partial charge in [-0.05, 0) is 18.2 Å². The predicted molar refractivity (Wildman–Crippen MR) is 41.4 cm³/mol. The Morgan fingerprint density at radius 3 is 2.92 bits per heavy atom. The highest BCUT2D eigenvalue weighted by atomic mass is 16.5. The van der Waals surface area contributed by atoms with Crippen molar-refractivity contribution < 1.29 is 9.53 Å². The van der Waals surface area contributed by atoms with Gasteiger partial charge in [-0.15, -0.1) is 0 Å². The number of carbonyl (C=O) groups is 1. The molecule has 0 saturated heterocycles. The standard InChI is InChI=1S/C8H6N2O2/c9-5-6-2-1-3-7(4-6)12-8(10)11/h1-4H,(H2,10,11). The molecule has 60 valence electrons. The Kier molecular flexibility index (Phi) is 2.29. The van der Waals surface area contributed by atoms with E-state index in [0.717, 1.165) is 0 Å². The molecular weight excluding hydrogens is 156 g/mol. The molecule has 1 aromatic rings. The highest BCUT2D eigenvalue weighted by Gasteiger charge is 1.98. The highest BCUT2D eigenvalue weighted by Crippen LogP contribution is 2.11. The number of hydrogen-bond acceptors (Lipinski definition) is 3. The Bertz CT molecular complexity index is 341. The van der Waals surface area contributed by atoms with Gasteiger partial charge in [0.1, 0.15) is 5.75 Å². The van der Waals surface area contributed by atoms with E-state index in [1.54, 1.807) is 18.2 Å². The molecule has 0 heterocycles. The summed E-state index contributed by atoms with van der Waals surface area (Å²) in [6.07, 6.45) is -0.884. The van der Waals surface area contributed by atoms with Crippen molar-refractivity contribution in [2.45, 2.75) is 0 Å². The lowest BCUT2D eigenvalue weighted by Crippen LogP contribution is -2.16. The Hall–Kier alpha value is -2.02. The quantitative estimate of drug-likeness (QED) is 0.669. The van der Waals surface area contributed by atoms with Crippen LogP contribution in [0.15, 0.2) is 24.3 Å². The number of rotatable bonds is 1. The minimum Gasteiger partial charge on any atom is -0.410 e. The Labute approximate surface area is 69.2 Å². The van der Waals surface area contributed by atoms with Gasteiger partial charge in [-0.1, -0.05) is 6.07 Å². The lowest BCUT2D eigenvalue weighted by atomic mass is 10.2. The smallest absolute Gasteiger partial charge is 0.409 e. The molecule has 0 bridgehead atoms. The van der Waals surface area contributed by atoms with Crippen molar-refractivity contribution in [3.63, 3.8) is 0 Å². The molecule has 0 unspecified atom stereocenters. The predicted octanol–water partition coefficient (Wildman–Crippen LogP) is 1.02. The highest BCUT2D eigenvalue weighted by molar-refractivity contribution is 5.68. The number of benzene rings is 1. The Morgan fingerprint density at radius 2 is 2.33 bits per heavy atom. The first-order chi connectivity index (χ1) is 5.72. The summed E-state index contributed by atoms with van der Waals surface area (Å²) in [4.78, 5) is 10.3. The maximum atomic E-state index is 10.3. The van der Waals surface area contributed by atoms with Gasteiger partial charge in [0.05, 0.1) is 11.6 Å². The molecule has 1 aromatic carbocycles. The molecule has 0 aliphatic heterocycles. The van der Waals surface area contributed by atoms with E-state index in [1.165, 1.54) is 6.07 Å². The first-order valence-corrected chi connectivity index (χ1v) is 3.20. The van der Waals surface area contributed by atoms with E-state index in [1.807, 2.05) is 6.07 Å². The van der Waals surface area contributed by atoms with Gasteiger partial charge in [-0.3, -0.25) is 0 Å². The summed E-state index contributed by atoms with van der Waals surface area (Å²) in [5, 5.41) is 8.47. The van der Waals surface area contributed by atoms with Gasteiger partial charge in [-0.25, -0.2) is 4.79 Å². The van der Waals surface area contributed by atoms with Crippen LogP contribution in [0.5, 0.6) is 5.75 Å². The van der Waals surface area contributed by atoms with Crippen LogP contribution in [0.25, 0.3) is 0 Å². The van der Waals surface area contributed by atoms with Crippen LogP contribution in [0, 0.1) is 11.3 Å². The van der Waals surface area contributed by atoms with Crippen LogP contribution in [0.1, 0.15) is 5.56 Å². The van der Waals surface area contributed by atoms with E-state index in [2.05, 4.69) is 4.74 Å². The molecule has 0 atom stereocenters. The van der Waals surface area contributed by atoms with Gasteiger partial charge in [0, 0.05) is 0 Å². The molecule has 4 nitrogen and oxygen atoms in total. The zero-order valence-corrected chi connectivity index (χ0v) is 6.15. The number of nitriles is 1. The zero-order chi connectivity index (χ0) is 8.97. The second-order valence-electron chi connectivity index (χ2n) is 2.06. The average molecular weight is 162 g/mol. The Morgan fingerprint density at radius 1 is 1.58 bits per heavy atom. The maximum absolute atomic E-state index is 10.3. The van der Waals surface area contributed by atoms with Gasteiger partial charge < -0.3 is 10.5 Å². The molecule has 2 N–H and O–H groups in total. The van der Waals surface area contributed by atoms with Crippen molar-refractivity contribution >= 4 is 6.09 Å². The normalized spacial score (nSPS) is 8.58. The second-order valence-corrected chi connectivity index (χ2v) is 2.06. The zero-order valence-electron chi connectivity index (χ0n) is 6.15. The number of primary amides is 1. The van der Waals surface area contributed by atoms with Crippen LogP contribution < -0.4 is 10.5 Å². The monoisotopic (exact) mass is 162 g/mol. The van der Waals surface area contributed by atoms with Crippen LogP contribution in [0.2, 0.25) is 0 Å². The third kappa shape index (κ3) is 1.99. The molecule has 0 saturated carbocycles. The summed E-state index contributed by atoms with van der Waals surface area (Å²) in [6.45, 7) is 0. The second kappa shape index (κ2) is 3.39. The first kappa shape index (κ1) is 8.08. The third-order valence-corrected chi connectivity index (χ3v) is 1.18. The van der Waals surface area contributed by atoms with Gasteiger partial charge in [0.2, 0.25) is 0 Å². The minimum atomic E-state index is -0.884. The summed E-state index contributed by atoms with van der Waals surface area (Å²) in [6, 6.07) is 8.10. The van der Waals surface area contributed by atoms with E-state index >= 15 is 0 Å². The van der Waals surface area contributed by atoms with Gasteiger partial charge in [0.15, 0.2) is 0 Å². The molecule has 12 heavy (non-hydrogen) atoms. The molecule has 0 aliphatic rings. The topological polar surface area (TPSA) is 76.1 Å². The SMILES string of the molecule is N#Cc1cccc(OC(N)=O)c1. The lowest BCUT2D eigenvalue weighted by molar-refractivity contribution is 0.211. The number of hydrogen-bond donors (Lipinski definition) is 1. The molecule has 0 fully saturated rings. The summed E-state index contributed by atoms with van der Waals surface area (Å²) < 4.78 is 4.54. The molecule has 0 spiro atoms. The van der Waals surface area contributed by atoms with Crippen molar-refractivity contribution in [2.75, 3.05) is 0 Å². The van der Waals surface area contributed by atoms with E-state index in [-0.39, 0.29) is 5.75 Å². The number of carbonyl (C=O) groups excluding carboxylic acids is 1. The van der Waals surface area contributed by atoms with Gasteiger partial charge in [-0.2, -0.15) is 5.26 Å². The molecule has 1 rings (SSSR count). The van der Waals surface area contributed by atoms with E-state index in [4.69, 9.17) is 11.0 Å². The summed E-state index contributed by atoms with van der Waals surface area (Å²) in [5.41, 5.74) is 5.20. The van der Waals surface area contributed by atoms with E-state index in [0.29, 0.717) is 5.56 Å². The van der Waals surface area contributed by atoms with Gasteiger partial charge in [0.25, 0.3) is 0 Å². The van der Waals surface area contributed by atoms with Gasteiger partial charge >= 0.3 is 6.09 Å². The number of ether oxygens (including phenoxy) is 1. The molecule has 1 amide bonds. The van der Waals surface area contributed by atoms with Crippen molar-refractivity contribution in [3.05, 3.63) is 29.8 Å². The van der Waals surface area contributed by atoms with Crippen LogP contribution in [-0.4, -0.2) is 6.09 Å². The lowest BCUT2D eigenvalue weighted by Gasteiger charge is -1.98. The van der Waals surface area contributed by atoms with Crippen molar-refractivity contribution in [1.29, 1.82) is 5.26 Å². The molecule has 0 aromatic heterocycles. The molecular formula is C8H6N2O2. The van der Waals surface area contributed by atoms with Crippen LogP contribution in [0.4, 0.5) is 4.79 Å². The van der Waals surface area contributed by atoms with Crippen LogP contribution in [0.3, 0.4) is 0 Å². The molecule has 0 aliphatic carbocycles. The summed E-state index contributed by atoms with van der Waals surface area (Å²) in [5.74, 6) is 0.279.